The molecule has 0 atom stereocenters. The van der Waals surface area contributed by atoms with Crippen LogP contribution in [-0.4, -0.2) is 10.9 Å². The quantitative estimate of drug-likeness (QED) is 0.683. The van der Waals surface area contributed by atoms with Crippen molar-refractivity contribution < 1.29 is 18.0 Å². The molecule has 0 fully saturated rings. The normalized spacial score (nSPS) is 11.7. The van der Waals surface area contributed by atoms with Crippen molar-refractivity contribution in [1.82, 2.24) is 4.98 Å². The van der Waals surface area contributed by atoms with E-state index in [1.54, 1.807) is 30.3 Å². The SMILES string of the molecule is O=C(Cc1ccccc1Cl)Nc1ccc2[nH]c(C(F)(F)F)cc2c1. The molecule has 0 unspecified atom stereocenters. The zero-order valence-electron chi connectivity index (χ0n) is 12.2. The van der Waals surface area contributed by atoms with Crippen LogP contribution >= 0.6 is 11.6 Å². The summed E-state index contributed by atoms with van der Waals surface area (Å²) in [6.07, 6.45) is -4.36. The van der Waals surface area contributed by atoms with Crippen molar-refractivity contribution in [1.29, 1.82) is 0 Å². The first-order valence-corrected chi connectivity index (χ1v) is 7.44. The van der Waals surface area contributed by atoms with Gasteiger partial charge < -0.3 is 10.3 Å². The van der Waals surface area contributed by atoms with Crippen LogP contribution in [0.15, 0.2) is 48.5 Å². The molecule has 0 bridgehead atoms. The second-order valence-corrected chi connectivity index (χ2v) is 5.71. The maximum Gasteiger partial charge on any atom is 0.431 e. The van der Waals surface area contributed by atoms with Gasteiger partial charge in [-0.25, -0.2) is 0 Å². The first-order chi connectivity index (χ1) is 11.3. The number of alkyl halides is 3. The van der Waals surface area contributed by atoms with Crippen molar-refractivity contribution in [2.75, 3.05) is 5.32 Å². The van der Waals surface area contributed by atoms with Gasteiger partial charge in [0.15, 0.2) is 0 Å². The highest BCUT2D eigenvalue weighted by molar-refractivity contribution is 6.31. The predicted molar refractivity (Wildman–Crippen MR) is 87.1 cm³/mol. The minimum Gasteiger partial charge on any atom is -0.351 e. The number of benzene rings is 2. The lowest BCUT2D eigenvalue weighted by atomic mass is 10.1. The van der Waals surface area contributed by atoms with Crippen molar-refractivity contribution in [2.24, 2.45) is 0 Å². The van der Waals surface area contributed by atoms with Crippen molar-refractivity contribution >= 4 is 34.1 Å². The number of aromatic amines is 1. The van der Waals surface area contributed by atoms with Gasteiger partial charge in [-0.15, -0.1) is 0 Å². The molecule has 24 heavy (non-hydrogen) atoms. The number of amides is 1. The Labute approximate surface area is 140 Å². The lowest BCUT2D eigenvalue weighted by molar-refractivity contribution is -0.140. The van der Waals surface area contributed by atoms with Gasteiger partial charge in [-0.1, -0.05) is 29.8 Å². The molecule has 3 rings (SSSR count). The topological polar surface area (TPSA) is 44.9 Å². The van der Waals surface area contributed by atoms with Crippen molar-refractivity contribution in [3.8, 4) is 0 Å². The van der Waals surface area contributed by atoms with E-state index in [9.17, 15) is 18.0 Å². The molecule has 0 aliphatic rings. The van der Waals surface area contributed by atoms with Gasteiger partial charge in [0.05, 0.1) is 6.42 Å². The van der Waals surface area contributed by atoms with Crippen LogP contribution in [0.1, 0.15) is 11.3 Å². The molecule has 3 aromatic rings. The summed E-state index contributed by atoms with van der Waals surface area (Å²) in [4.78, 5) is 14.4. The Morgan fingerprint density at radius 3 is 2.58 bits per heavy atom. The highest BCUT2D eigenvalue weighted by Crippen LogP contribution is 2.32. The monoisotopic (exact) mass is 352 g/mol. The van der Waals surface area contributed by atoms with Crippen LogP contribution in [0, 0.1) is 0 Å². The molecule has 124 valence electrons. The molecule has 2 N–H and O–H groups in total. The van der Waals surface area contributed by atoms with Crippen molar-refractivity contribution in [3.63, 3.8) is 0 Å². The molecule has 0 aliphatic heterocycles. The largest absolute Gasteiger partial charge is 0.431 e. The fourth-order valence-electron chi connectivity index (χ4n) is 2.38. The molecule has 1 heterocycles. The number of hydrogen-bond acceptors (Lipinski definition) is 1. The molecule has 2 aromatic carbocycles. The van der Waals surface area contributed by atoms with Crippen LogP contribution in [-0.2, 0) is 17.4 Å². The van der Waals surface area contributed by atoms with Crippen LogP contribution in [0.3, 0.4) is 0 Å². The second-order valence-electron chi connectivity index (χ2n) is 5.30. The molecular weight excluding hydrogens is 341 g/mol. The summed E-state index contributed by atoms with van der Waals surface area (Å²) < 4.78 is 38.1. The van der Waals surface area contributed by atoms with Crippen molar-refractivity contribution in [3.05, 3.63) is 64.8 Å². The van der Waals surface area contributed by atoms with E-state index in [0.29, 0.717) is 27.2 Å². The molecule has 1 aromatic heterocycles. The van der Waals surface area contributed by atoms with Gasteiger partial charge in [0, 0.05) is 21.6 Å². The number of fused-ring (bicyclic) bond motifs is 1. The summed E-state index contributed by atoms with van der Waals surface area (Å²) in [5.74, 6) is -0.297. The average molecular weight is 353 g/mol. The zero-order valence-corrected chi connectivity index (χ0v) is 13.0. The predicted octanol–water partition coefficient (Wildman–Crippen LogP) is 5.02. The first kappa shape index (κ1) is 16.4. The summed E-state index contributed by atoms with van der Waals surface area (Å²) >= 11 is 6.00. The van der Waals surface area contributed by atoms with E-state index >= 15 is 0 Å². The number of aromatic nitrogens is 1. The Balaban J connectivity index is 1.77. The lowest BCUT2D eigenvalue weighted by Gasteiger charge is -2.06. The molecule has 0 aliphatic carbocycles. The summed E-state index contributed by atoms with van der Waals surface area (Å²) in [7, 11) is 0. The highest BCUT2D eigenvalue weighted by Gasteiger charge is 2.32. The molecule has 0 radical (unpaired) electrons. The maximum absolute atomic E-state index is 12.7. The van der Waals surface area contributed by atoms with Gasteiger partial charge in [0.2, 0.25) is 5.91 Å². The number of carbonyl (C=O) groups excluding carboxylic acids is 1. The standard InChI is InChI=1S/C17H12ClF3N2O/c18-13-4-2-1-3-10(13)9-16(24)22-12-5-6-14-11(7-12)8-15(23-14)17(19,20)21/h1-8,23H,9H2,(H,22,24). The van der Waals surface area contributed by atoms with Gasteiger partial charge in [-0.2, -0.15) is 13.2 Å². The number of rotatable bonds is 3. The highest BCUT2D eigenvalue weighted by atomic mass is 35.5. The van der Waals surface area contributed by atoms with E-state index < -0.39 is 11.9 Å². The number of nitrogens with one attached hydrogen (secondary N) is 2. The minimum atomic E-state index is -4.44. The Kier molecular flexibility index (Phi) is 4.24. The Morgan fingerprint density at radius 1 is 1.12 bits per heavy atom. The van der Waals surface area contributed by atoms with E-state index in [0.717, 1.165) is 6.07 Å². The fraction of sp³-hybridized carbons (Fsp3) is 0.118. The molecule has 0 spiro atoms. The Morgan fingerprint density at radius 2 is 1.88 bits per heavy atom. The number of hydrogen-bond donors (Lipinski definition) is 2. The average Bonchev–Trinajstić information content (AvgIpc) is 2.93. The van der Waals surface area contributed by atoms with E-state index in [1.807, 2.05) is 0 Å². The third kappa shape index (κ3) is 3.54. The summed E-state index contributed by atoms with van der Waals surface area (Å²) in [6, 6.07) is 12.5. The lowest BCUT2D eigenvalue weighted by Crippen LogP contribution is -2.14. The number of anilines is 1. The van der Waals surface area contributed by atoms with Crippen LogP contribution in [0.2, 0.25) is 5.02 Å². The first-order valence-electron chi connectivity index (χ1n) is 7.06. The molecule has 1 amide bonds. The third-order valence-electron chi connectivity index (χ3n) is 3.52. The van der Waals surface area contributed by atoms with Crippen molar-refractivity contribution in [2.45, 2.75) is 12.6 Å². The molecule has 0 saturated carbocycles. The number of H-pyrrole nitrogens is 1. The van der Waals surface area contributed by atoms with Gasteiger partial charge in [0.1, 0.15) is 5.69 Å². The second kappa shape index (κ2) is 6.20. The van der Waals surface area contributed by atoms with E-state index in [2.05, 4.69) is 10.3 Å². The third-order valence-corrected chi connectivity index (χ3v) is 3.89. The minimum absolute atomic E-state index is 0.0820. The van der Waals surface area contributed by atoms with E-state index in [4.69, 9.17) is 11.6 Å². The van der Waals surface area contributed by atoms with Crippen LogP contribution in [0.4, 0.5) is 18.9 Å². The summed E-state index contributed by atoms with van der Waals surface area (Å²) in [5, 5.41) is 3.53. The summed E-state index contributed by atoms with van der Waals surface area (Å²) in [6.45, 7) is 0. The molecule has 0 saturated heterocycles. The van der Waals surface area contributed by atoms with E-state index in [1.165, 1.54) is 12.1 Å². The number of carbonyl (C=O) groups is 1. The smallest absolute Gasteiger partial charge is 0.351 e. The van der Waals surface area contributed by atoms with Gasteiger partial charge in [-0.05, 0) is 35.9 Å². The fourth-order valence-corrected chi connectivity index (χ4v) is 2.59. The Bertz CT molecular complexity index is 902. The van der Waals surface area contributed by atoms with Crippen LogP contribution in [0.25, 0.3) is 10.9 Å². The van der Waals surface area contributed by atoms with Gasteiger partial charge in [-0.3, -0.25) is 4.79 Å². The Hall–Kier alpha value is -2.47. The molecule has 7 heteroatoms. The van der Waals surface area contributed by atoms with Crippen LogP contribution in [0.5, 0.6) is 0 Å². The summed E-state index contributed by atoms with van der Waals surface area (Å²) in [5.41, 5.74) is 0.634. The van der Waals surface area contributed by atoms with E-state index in [-0.39, 0.29) is 12.3 Å². The molecular formula is C17H12ClF3N2O. The molecule has 3 nitrogen and oxygen atoms in total. The maximum atomic E-state index is 12.7. The number of halogens is 4. The van der Waals surface area contributed by atoms with Gasteiger partial charge >= 0.3 is 6.18 Å². The van der Waals surface area contributed by atoms with Crippen LogP contribution < -0.4 is 5.32 Å². The zero-order chi connectivity index (χ0) is 17.3. The van der Waals surface area contributed by atoms with Gasteiger partial charge in [0.25, 0.3) is 0 Å².